The topological polar surface area (TPSA) is 33.5 Å². The standard InChI is InChI=1S/C14H16BrNO2/c1-8-11-10(18-13(8)15)6-14(4-5-14)9(12(11)17)7-16(2)3/h7H,4-6H2,1-3H3. The van der Waals surface area contributed by atoms with E-state index in [4.69, 9.17) is 4.42 Å². The Morgan fingerprint density at radius 3 is 2.61 bits per heavy atom. The van der Waals surface area contributed by atoms with Crippen LogP contribution in [0.15, 0.2) is 20.9 Å². The maximum Gasteiger partial charge on any atom is 0.194 e. The first-order chi connectivity index (χ1) is 8.44. The normalized spacial score (nSPS) is 22.4. The number of hydrogen-bond acceptors (Lipinski definition) is 3. The van der Waals surface area contributed by atoms with E-state index in [1.54, 1.807) is 0 Å². The minimum Gasteiger partial charge on any atom is -0.453 e. The molecular weight excluding hydrogens is 294 g/mol. The number of furan rings is 1. The minimum atomic E-state index is 0.0537. The van der Waals surface area contributed by atoms with Gasteiger partial charge in [0, 0.05) is 43.3 Å². The highest BCUT2D eigenvalue weighted by molar-refractivity contribution is 9.10. The molecule has 0 bridgehead atoms. The molecule has 0 N–H and O–H groups in total. The van der Waals surface area contributed by atoms with Crippen LogP contribution < -0.4 is 0 Å². The van der Waals surface area contributed by atoms with Crippen molar-refractivity contribution in [3.63, 3.8) is 0 Å². The molecule has 1 heterocycles. The van der Waals surface area contributed by atoms with Crippen LogP contribution in [0.1, 0.15) is 34.5 Å². The number of fused-ring (bicyclic) bond motifs is 1. The van der Waals surface area contributed by atoms with Gasteiger partial charge in [0.15, 0.2) is 10.5 Å². The van der Waals surface area contributed by atoms with Crippen molar-refractivity contribution in [3.05, 3.63) is 33.3 Å². The van der Waals surface area contributed by atoms with E-state index in [0.29, 0.717) is 4.67 Å². The van der Waals surface area contributed by atoms with Crippen LogP contribution in [0.5, 0.6) is 0 Å². The third-order valence-corrected chi connectivity index (χ3v) is 4.70. The van der Waals surface area contributed by atoms with Crippen LogP contribution in [0.3, 0.4) is 0 Å². The number of halogens is 1. The summed E-state index contributed by atoms with van der Waals surface area (Å²) in [6, 6.07) is 0. The highest BCUT2D eigenvalue weighted by Crippen LogP contribution is 2.58. The van der Waals surface area contributed by atoms with Gasteiger partial charge in [0.05, 0.1) is 5.56 Å². The molecule has 3 rings (SSSR count). The van der Waals surface area contributed by atoms with Crippen molar-refractivity contribution in [2.24, 2.45) is 5.41 Å². The lowest BCUT2D eigenvalue weighted by atomic mass is 9.79. The first kappa shape index (κ1) is 12.0. The number of rotatable bonds is 1. The van der Waals surface area contributed by atoms with Crippen LogP contribution in [0, 0.1) is 12.3 Å². The third-order valence-electron chi connectivity index (χ3n) is 3.94. The zero-order valence-corrected chi connectivity index (χ0v) is 12.4. The lowest BCUT2D eigenvalue weighted by Gasteiger charge is -2.24. The second kappa shape index (κ2) is 3.73. The summed E-state index contributed by atoms with van der Waals surface area (Å²) >= 11 is 3.38. The molecule has 2 aliphatic carbocycles. The average molecular weight is 310 g/mol. The number of allylic oxidation sites excluding steroid dienone is 1. The smallest absolute Gasteiger partial charge is 0.194 e. The average Bonchev–Trinajstić information content (AvgIpc) is 2.98. The second-order valence-electron chi connectivity index (χ2n) is 5.59. The van der Waals surface area contributed by atoms with Crippen LogP contribution in [0.4, 0.5) is 0 Å². The molecule has 3 nitrogen and oxygen atoms in total. The summed E-state index contributed by atoms with van der Waals surface area (Å²) in [6.07, 6.45) is 5.03. The molecule has 0 aliphatic heterocycles. The number of carbonyl (C=O) groups is 1. The van der Waals surface area contributed by atoms with Gasteiger partial charge in [-0.2, -0.15) is 0 Å². The van der Waals surface area contributed by atoms with Crippen LogP contribution in [-0.4, -0.2) is 24.8 Å². The molecule has 1 aromatic rings. The molecule has 96 valence electrons. The molecular formula is C14H16BrNO2. The molecule has 0 unspecified atom stereocenters. The summed E-state index contributed by atoms with van der Waals surface area (Å²) in [5, 5.41) is 0. The summed E-state index contributed by atoms with van der Waals surface area (Å²) in [5.41, 5.74) is 2.71. The highest BCUT2D eigenvalue weighted by Gasteiger charge is 2.53. The van der Waals surface area contributed by atoms with E-state index in [9.17, 15) is 4.79 Å². The van der Waals surface area contributed by atoms with E-state index in [2.05, 4.69) is 15.9 Å². The lowest BCUT2D eigenvalue weighted by molar-refractivity contribution is 0.100. The summed E-state index contributed by atoms with van der Waals surface area (Å²) in [4.78, 5) is 14.6. The second-order valence-corrected chi connectivity index (χ2v) is 6.31. The summed E-state index contributed by atoms with van der Waals surface area (Å²) in [6.45, 7) is 1.93. The zero-order valence-electron chi connectivity index (χ0n) is 10.8. The molecule has 1 spiro atoms. The molecule has 0 amide bonds. The molecule has 1 aromatic heterocycles. The van der Waals surface area contributed by atoms with Crippen molar-refractivity contribution < 1.29 is 9.21 Å². The number of ketones is 1. The highest BCUT2D eigenvalue weighted by atomic mass is 79.9. The quantitative estimate of drug-likeness (QED) is 0.746. The number of hydrogen-bond donors (Lipinski definition) is 0. The van der Waals surface area contributed by atoms with E-state index < -0.39 is 0 Å². The maximum absolute atomic E-state index is 12.7. The van der Waals surface area contributed by atoms with Crippen LogP contribution in [0.2, 0.25) is 0 Å². The Kier molecular flexibility index (Phi) is 2.49. The zero-order chi connectivity index (χ0) is 13.1. The van der Waals surface area contributed by atoms with Gasteiger partial charge in [0.25, 0.3) is 0 Å². The van der Waals surface area contributed by atoms with Crippen molar-refractivity contribution in [2.45, 2.75) is 26.2 Å². The fourth-order valence-corrected chi connectivity index (χ4v) is 3.19. The van der Waals surface area contributed by atoms with Gasteiger partial charge in [-0.25, -0.2) is 0 Å². The Labute approximate surface area is 115 Å². The molecule has 0 aromatic carbocycles. The van der Waals surface area contributed by atoms with Gasteiger partial charge in [0.2, 0.25) is 0 Å². The molecule has 0 atom stereocenters. The van der Waals surface area contributed by atoms with E-state index in [1.165, 1.54) is 0 Å². The van der Waals surface area contributed by atoms with Gasteiger partial charge in [-0.15, -0.1) is 0 Å². The van der Waals surface area contributed by atoms with E-state index in [1.807, 2.05) is 32.1 Å². The first-order valence-corrected chi connectivity index (χ1v) is 6.95. The molecule has 18 heavy (non-hydrogen) atoms. The van der Waals surface area contributed by atoms with Crippen LogP contribution in [-0.2, 0) is 6.42 Å². The Morgan fingerprint density at radius 1 is 1.39 bits per heavy atom. The molecule has 1 saturated carbocycles. The van der Waals surface area contributed by atoms with Gasteiger partial charge in [-0.1, -0.05) is 0 Å². The predicted octanol–water partition coefficient (Wildman–Crippen LogP) is 3.32. The first-order valence-electron chi connectivity index (χ1n) is 6.16. The van der Waals surface area contributed by atoms with E-state index in [0.717, 1.165) is 41.7 Å². The monoisotopic (exact) mass is 309 g/mol. The van der Waals surface area contributed by atoms with Crippen molar-refractivity contribution in [1.82, 2.24) is 4.90 Å². The van der Waals surface area contributed by atoms with Crippen LogP contribution >= 0.6 is 15.9 Å². The van der Waals surface area contributed by atoms with E-state index in [-0.39, 0.29) is 11.2 Å². The minimum absolute atomic E-state index is 0.0537. The SMILES string of the molecule is Cc1c(Br)oc2c1C(=O)C(=CN(C)C)C1(CC1)C2. The molecule has 1 fully saturated rings. The largest absolute Gasteiger partial charge is 0.453 e. The lowest BCUT2D eigenvalue weighted by Crippen LogP contribution is -2.26. The maximum atomic E-state index is 12.7. The fourth-order valence-electron chi connectivity index (χ4n) is 2.79. The fraction of sp³-hybridized carbons (Fsp3) is 0.500. The Hall–Kier alpha value is -1.03. The number of nitrogens with zero attached hydrogens (tertiary/aromatic N) is 1. The molecule has 0 radical (unpaired) electrons. The number of carbonyl (C=O) groups excluding carboxylic acids is 1. The third kappa shape index (κ3) is 1.58. The van der Waals surface area contributed by atoms with Crippen molar-refractivity contribution in [1.29, 1.82) is 0 Å². The van der Waals surface area contributed by atoms with Gasteiger partial charge in [0.1, 0.15) is 5.76 Å². The molecule has 0 saturated heterocycles. The van der Waals surface area contributed by atoms with E-state index >= 15 is 0 Å². The summed E-state index contributed by atoms with van der Waals surface area (Å²) < 4.78 is 6.39. The van der Waals surface area contributed by atoms with Crippen molar-refractivity contribution >= 4 is 21.7 Å². The van der Waals surface area contributed by atoms with Gasteiger partial charge >= 0.3 is 0 Å². The van der Waals surface area contributed by atoms with Crippen molar-refractivity contribution in [3.8, 4) is 0 Å². The Morgan fingerprint density at radius 2 is 2.06 bits per heavy atom. The van der Waals surface area contributed by atoms with Gasteiger partial charge in [-0.05, 0) is 35.7 Å². The predicted molar refractivity (Wildman–Crippen MR) is 72.6 cm³/mol. The summed E-state index contributed by atoms with van der Waals surface area (Å²) in [7, 11) is 3.92. The Bertz CT molecular complexity index is 565. The van der Waals surface area contributed by atoms with Crippen molar-refractivity contribution in [2.75, 3.05) is 14.1 Å². The van der Waals surface area contributed by atoms with Crippen LogP contribution in [0.25, 0.3) is 0 Å². The van der Waals surface area contributed by atoms with Gasteiger partial charge in [-0.3, -0.25) is 4.79 Å². The molecule has 4 heteroatoms. The number of Topliss-reactive ketones (excluding diaryl/α,β-unsaturated/α-hetero) is 1. The molecule has 2 aliphatic rings. The summed E-state index contributed by atoms with van der Waals surface area (Å²) in [5.74, 6) is 1.01. The van der Waals surface area contributed by atoms with Gasteiger partial charge < -0.3 is 9.32 Å². The Balaban J connectivity index is 2.15.